The van der Waals surface area contributed by atoms with Crippen LogP contribution >= 0.6 is 0 Å². The van der Waals surface area contributed by atoms with Crippen molar-refractivity contribution >= 4 is 28.4 Å². The van der Waals surface area contributed by atoms with Gasteiger partial charge >= 0.3 is 5.97 Å². The highest BCUT2D eigenvalue weighted by atomic mass is 16.5. The summed E-state index contributed by atoms with van der Waals surface area (Å²) >= 11 is 0. The minimum atomic E-state index is -1.08. The number of carbonyl (C=O) groups excluding carboxylic acids is 1. The Morgan fingerprint density at radius 1 is 1.03 bits per heavy atom. The first-order chi connectivity index (χ1) is 18.2. The van der Waals surface area contributed by atoms with Crippen LogP contribution in [0.15, 0.2) is 54.7 Å². The van der Waals surface area contributed by atoms with Crippen LogP contribution in [0.5, 0.6) is 5.75 Å². The molecular weight excluding hydrogens is 480 g/mol. The second-order valence-corrected chi connectivity index (χ2v) is 11.0. The lowest BCUT2D eigenvalue weighted by Crippen LogP contribution is -2.44. The molecule has 0 bridgehead atoms. The zero-order valence-electron chi connectivity index (χ0n) is 22.4. The summed E-state index contributed by atoms with van der Waals surface area (Å²) in [6.07, 6.45) is 2.42. The number of aromatic nitrogens is 1. The number of carboxylic acids is 1. The zero-order chi connectivity index (χ0) is 26.9. The number of amides is 1. The maximum atomic E-state index is 13.5. The molecule has 2 aliphatic rings. The fraction of sp³-hybridized carbons (Fsp3) is 0.400. The van der Waals surface area contributed by atoms with Gasteiger partial charge in [-0.05, 0) is 49.4 Å². The number of hydrogen-bond acceptors (Lipinski definition) is 5. The molecule has 2 aliphatic heterocycles. The van der Waals surface area contributed by atoms with Crippen LogP contribution in [0.4, 0.5) is 0 Å². The van der Waals surface area contributed by atoms with Crippen molar-refractivity contribution in [3.63, 3.8) is 0 Å². The molecule has 0 radical (unpaired) electrons. The Kier molecular flexibility index (Phi) is 7.27. The summed E-state index contributed by atoms with van der Waals surface area (Å²) in [6.45, 7) is 10.5. The molecule has 5 rings (SSSR count). The van der Waals surface area contributed by atoms with Crippen LogP contribution < -0.4 is 4.74 Å². The van der Waals surface area contributed by atoms with E-state index in [-0.39, 0.29) is 11.5 Å². The number of aromatic amines is 1. The number of likely N-dealkylation sites (N-methyl/N-ethyl adjacent to an activating group) is 1. The van der Waals surface area contributed by atoms with E-state index in [2.05, 4.69) is 21.8 Å². The van der Waals surface area contributed by atoms with E-state index in [9.17, 15) is 14.7 Å². The summed E-state index contributed by atoms with van der Waals surface area (Å²) in [5.74, 6) is -0.596. The summed E-state index contributed by atoms with van der Waals surface area (Å²) < 4.78 is 5.92. The second kappa shape index (κ2) is 10.6. The highest BCUT2D eigenvalue weighted by Gasteiger charge is 2.37. The van der Waals surface area contributed by atoms with E-state index in [1.807, 2.05) is 50.2 Å². The van der Waals surface area contributed by atoms with Gasteiger partial charge in [-0.3, -0.25) is 4.79 Å². The third kappa shape index (κ3) is 5.33. The smallest absolute Gasteiger partial charge is 0.339 e. The lowest BCUT2D eigenvalue weighted by atomic mass is 9.81. The molecule has 8 nitrogen and oxygen atoms in total. The number of fused-ring (bicyclic) bond motifs is 3. The molecule has 1 saturated heterocycles. The Morgan fingerprint density at radius 3 is 2.45 bits per heavy atom. The fourth-order valence-electron chi connectivity index (χ4n) is 5.52. The molecule has 0 atom stereocenters. The largest absolute Gasteiger partial charge is 0.494 e. The highest BCUT2D eigenvalue weighted by Crippen LogP contribution is 2.40. The van der Waals surface area contributed by atoms with E-state index < -0.39 is 11.4 Å². The van der Waals surface area contributed by atoms with Gasteiger partial charge in [0.05, 0.1) is 17.9 Å². The van der Waals surface area contributed by atoms with E-state index in [1.165, 1.54) is 11.1 Å². The van der Waals surface area contributed by atoms with Crippen molar-refractivity contribution in [2.24, 2.45) is 0 Å². The van der Waals surface area contributed by atoms with Gasteiger partial charge in [0.15, 0.2) is 0 Å². The summed E-state index contributed by atoms with van der Waals surface area (Å²) in [4.78, 5) is 35.5. The quantitative estimate of drug-likeness (QED) is 0.461. The van der Waals surface area contributed by atoms with E-state index in [1.54, 1.807) is 12.1 Å². The molecule has 0 spiro atoms. The average molecular weight is 517 g/mol. The van der Waals surface area contributed by atoms with Crippen molar-refractivity contribution in [1.29, 1.82) is 0 Å². The van der Waals surface area contributed by atoms with Gasteiger partial charge in [0.25, 0.3) is 5.91 Å². The van der Waals surface area contributed by atoms with Gasteiger partial charge in [-0.2, -0.15) is 0 Å². The van der Waals surface area contributed by atoms with Crippen molar-refractivity contribution in [3.8, 4) is 5.75 Å². The maximum Gasteiger partial charge on any atom is 0.339 e. The number of rotatable bonds is 7. The van der Waals surface area contributed by atoms with Gasteiger partial charge in [0.2, 0.25) is 0 Å². The van der Waals surface area contributed by atoms with Crippen LogP contribution in [0.2, 0.25) is 0 Å². The van der Waals surface area contributed by atoms with Gasteiger partial charge in [-0.15, -0.1) is 0 Å². The van der Waals surface area contributed by atoms with Crippen LogP contribution in [0.3, 0.4) is 0 Å². The van der Waals surface area contributed by atoms with Gasteiger partial charge in [0.1, 0.15) is 5.75 Å². The topological polar surface area (TPSA) is 89.1 Å². The average Bonchev–Trinajstić information content (AvgIpc) is 3.24. The molecule has 3 heterocycles. The predicted molar refractivity (Wildman–Crippen MR) is 148 cm³/mol. The summed E-state index contributed by atoms with van der Waals surface area (Å²) in [6, 6.07) is 14.9. The summed E-state index contributed by atoms with van der Waals surface area (Å²) in [5.41, 5.74) is 2.44. The molecule has 2 N–H and O–H groups in total. The number of ether oxygens (including phenoxy) is 1. The molecule has 1 amide bonds. The van der Waals surface area contributed by atoms with Crippen molar-refractivity contribution in [2.75, 3.05) is 52.9 Å². The predicted octanol–water partition coefficient (Wildman–Crippen LogP) is 4.04. The van der Waals surface area contributed by atoms with Crippen LogP contribution in [-0.4, -0.2) is 89.6 Å². The molecule has 200 valence electrons. The summed E-state index contributed by atoms with van der Waals surface area (Å²) in [7, 11) is 2.16. The Labute approximate surface area is 223 Å². The lowest BCUT2D eigenvalue weighted by Gasteiger charge is -2.32. The fourth-order valence-corrected chi connectivity index (χ4v) is 5.52. The van der Waals surface area contributed by atoms with Gasteiger partial charge < -0.3 is 29.5 Å². The zero-order valence-corrected chi connectivity index (χ0v) is 22.4. The highest BCUT2D eigenvalue weighted by molar-refractivity contribution is 6.17. The van der Waals surface area contributed by atoms with Gasteiger partial charge in [-0.1, -0.05) is 32.0 Å². The minimum absolute atomic E-state index is 0.0791. The normalized spacial score (nSPS) is 18.1. The molecule has 1 fully saturated rings. The molecule has 0 saturated carbocycles. The Balaban J connectivity index is 1.28. The number of piperazine rings is 1. The molecule has 0 aliphatic carbocycles. The minimum Gasteiger partial charge on any atom is -0.494 e. The number of benzene rings is 2. The third-order valence-corrected chi connectivity index (χ3v) is 7.58. The Hall–Kier alpha value is -3.62. The standard InChI is InChI=1S/C30H36N4O4/c1-30(2)20-34(19-24(29(36)37)27-26(30)23-7-4-5-8-25(23)31-27)28(35)21-9-11-22(12-10-21)38-18-6-13-33-16-14-32(3)15-17-33/h4-5,7-12,19,31H,6,13-18,20H2,1-3H3,(H,36,37). The number of nitrogens with zero attached hydrogens (tertiary/aromatic N) is 3. The van der Waals surface area contributed by atoms with Crippen LogP contribution in [0.1, 0.15) is 41.9 Å². The Bertz CT molecular complexity index is 1350. The van der Waals surface area contributed by atoms with Gasteiger partial charge in [-0.25, -0.2) is 4.79 Å². The molecule has 1 aromatic heterocycles. The summed E-state index contributed by atoms with van der Waals surface area (Å²) in [5, 5.41) is 11.0. The molecule has 8 heteroatoms. The third-order valence-electron chi connectivity index (χ3n) is 7.58. The molecule has 38 heavy (non-hydrogen) atoms. The molecule has 0 unspecified atom stereocenters. The van der Waals surface area contributed by atoms with E-state index in [0.717, 1.165) is 61.4 Å². The number of aliphatic carboxylic acids is 1. The number of carbonyl (C=O) groups is 2. The first-order valence-corrected chi connectivity index (χ1v) is 13.2. The van der Waals surface area contributed by atoms with E-state index in [0.29, 0.717) is 24.4 Å². The van der Waals surface area contributed by atoms with Crippen LogP contribution in [0, 0.1) is 0 Å². The molecule has 2 aromatic carbocycles. The molecular formula is C30H36N4O4. The Morgan fingerprint density at radius 2 is 1.74 bits per heavy atom. The number of carboxylic acid groups (broad SMARTS) is 1. The van der Waals surface area contributed by atoms with Crippen molar-refractivity contribution in [2.45, 2.75) is 25.7 Å². The first-order valence-electron chi connectivity index (χ1n) is 13.2. The molecule has 3 aromatic rings. The van der Waals surface area contributed by atoms with Crippen LogP contribution in [-0.2, 0) is 10.2 Å². The van der Waals surface area contributed by atoms with E-state index in [4.69, 9.17) is 4.74 Å². The number of hydrogen-bond donors (Lipinski definition) is 2. The van der Waals surface area contributed by atoms with Crippen molar-refractivity contribution < 1.29 is 19.4 Å². The second-order valence-electron chi connectivity index (χ2n) is 11.0. The number of para-hydroxylation sites is 1. The monoisotopic (exact) mass is 516 g/mol. The lowest BCUT2D eigenvalue weighted by molar-refractivity contribution is -0.130. The number of H-pyrrole nitrogens is 1. The first kappa shape index (κ1) is 26.0. The van der Waals surface area contributed by atoms with E-state index >= 15 is 0 Å². The SMILES string of the molecule is CN1CCN(CCCOc2ccc(C(=O)N3C=C(C(=O)O)c4[nH]c5ccccc5c4C(C)(C)C3)cc2)CC1. The van der Waals surface area contributed by atoms with Crippen molar-refractivity contribution in [1.82, 2.24) is 19.7 Å². The van der Waals surface area contributed by atoms with Gasteiger partial charge in [0, 0.05) is 67.3 Å². The van der Waals surface area contributed by atoms with Crippen LogP contribution in [0.25, 0.3) is 16.5 Å². The van der Waals surface area contributed by atoms with Crippen molar-refractivity contribution in [3.05, 3.63) is 71.6 Å². The number of nitrogens with one attached hydrogen (secondary N) is 1. The maximum absolute atomic E-state index is 13.5.